The van der Waals surface area contributed by atoms with Crippen LogP contribution >= 0.6 is 21.6 Å². The molecule has 0 spiro atoms. The summed E-state index contributed by atoms with van der Waals surface area (Å²) in [7, 11) is 8.30. The fourth-order valence-corrected chi connectivity index (χ4v) is 6.71. The Morgan fingerprint density at radius 3 is 1.62 bits per heavy atom. The molecule has 42 heavy (non-hydrogen) atoms. The summed E-state index contributed by atoms with van der Waals surface area (Å²) < 4.78 is 4.52. The molecule has 1 aromatic heterocycles. The molecular formula is C36H46N4S2+2. The highest BCUT2D eigenvalue weighted by atomic mass is 33.1. The van der Waals surface area contributed by atoms with E-state index in [2.05, 4.69) is 157 Å². The largest absolute Gasteiger partial charge is 0.374 e. The second-order valence-corrected chi connectivity index (χ2v) is 13.3. The van der Waals surface area contributed by atoms with Crippen LogP contribution in [0.25, 0.3) is 18.2 Å². The van der Waals surface area contributed by atoms with E-state index in [-0.39, 0.29) is 0 Å². The highest BCUT2D eigenvalue weighted by molar-refractivity contribution is 8.76. The molecule has 0 N–H and O–H groups in total. The van der Waals surface area contributed by atoms with E-state index >= 15 is 0 Å². The zero-order chi connectivity index (χ0) is 29.6. The van der Waals surface area contributed by atoms with Crippen LogP contribution in [0.1, 0.15) is 37.0 Å². The maximum Gasteiger partial charge on any atom is 0.169 e. The van der Waals surface area contributed by atoms with Crippen molar-refractivity contribution in [3.63, 3.8) is 0 Å². The third kappa shape index (κ3) is 10.2. The van der Waals surface area contributed by atoms with E-state index in [1.807, 2.05) is 21.6 Å². The molecule has 220 valence electrons. The van der Waals surface area contributed by atoms with Crippen LogP contribution in [0.4, 0.5) is 11.4 Å². The summed E-state index contributed by atoms with van der Waals surface area (Å²) in [5.74, 6) is 2.21. The number of allylic oxidation sites excluding steroid dienone is 2. The molecule has 0 radical (unpaired) electrons. The lowest BCUT2D eigenvalue weighted by molar-refractivity contribution is -0.693. The van der Waals surface area contributed by atoms with Crippen molar-refractivity contribution >= 4 is 57.4 Å². The lowest BCUT2D eigenvalue weighted by Crippen LogP contribution is -2.30. The molecule has 0 saturated carbocycles. The lowest BCUT2D eigenvalue weighted by Gasteiger charge is -2.20. The van der Waals surface area contributed by atoms with Gasteiger partial charge in [-0.05, 0) is 60.4 Å². The summed E-state index contributed by atoms with van der Waals surface area (Å²) in [6.45, 7) is 9.62. The summed E-state index contributed by atoms with van der Waals surface area (Å²) in [6.07, 6.45) is 18.7. The van der Waals surface area contributed by atoms with Crippen LogP contribution in [0, 0.1) is 0 Å². The van der Waals surface area contributed by atoms with Crippen molar-refractivity contribution in [2.45, 2.75) is 26.8 Å². The Bertz CT molecular complexity index is 1360. The molecule has 3 aromatic rings. The first-order valence-corrected chi connectivity index (χ1v) is 17.5. The van der Waals surface area contributed by atoms with Crippen LogP contribution in [0.3, 0.4) is 0 Å². The first-order chi connectivity index (χ1) is 20.5. The number of rotatable bonds is 15. The van der Waals surface area contributed by atoms with Crippen LogP contribution < -0.4 is 14.4 Å². The summed E-state index contributed by atoms with van der Waals surface area (Å²) in [4.78, 5) is 4.69. The Morgan fingerprint density at radius 1 is 0.667 bits per heavy atom. The smallest absolute Gasteiger partial charge is 0.169 e. The summed E-state index contributed by atoms with van der Waals surface area (Å²) in [5, 5.41) is 0. The zero-order valence-corrected chi connectivity index (χ0v) is 27.3. The van der Waals surface area contributed by atoms with E-state index < -0.39 is 0 Å². The second-order valence-electron chi connectivity index (χ2n) is 10.6. The van der Waals surface area contributed by atoms with Gasteiger partial charge in [0, 0.05) is 74.7 Å². The molecule has 0 atom stereocenters. The maximum absolute atomic E-state index is 2.35. The van der Waals surface area contributed by atoms with Crippen molar-refractivity contribution in [1.29, 1.82) is 0 Å². The minimum Gasteiger partial charge on any atom is -0.374 e. The number of nitrogens with zero attached hydrogens (tertiary/aromatic N) is 4. The van der Waals surface area contributed by atoms with Gasteiger partial charge in [0.25, 0.3) is 0 Å². The predicted molar refractivity (Wildman–Crippen MR) is 189 cm³/mol. The van der Waals surface area contributed by atoms with Gasteiger partial charge in [0.2, 0.25) is 0 Å². The van der Waals surface area contributed by atoms with Gasteiger partial charge in [-0.2, -0.15) is 0 Å². The average molecular weight is 599 g/mol. The molecule has 4 rings (SSSR count). The molecule has 4 nitrogen and oxygen atoms in total. The third-order valence-corrected chi connectivity index (χ3v) is 9.97. The minimum atomic E-state index is 0.998. The normalized spacial score (nSPS) is 13.4. The van der Waals surface area contributed by atoms with Gasteiger partial charge >= 0.3 is 0 Å². The number of aryl methyl sites for hydroxylation is 1. The van der Waals surface area contributed by atoms with E-state index in [1.165, 1.54) is 33.6 Å². The van der Waals surface area contributed by atoms with E-state index in [0.29, 0.717) is 0 Å². The van der Waals surface area contributed by atoms with Crippen LogP contribution in [0.15, 0.2) is 90.8 Å². The highest BCUT2D eigenvalue weighted by Gasteiger charge is 2.07. The van der Waals surface area contributed by atoms with Gasteiger partial charge < -0.3 is 9.80 Å². The SMILES string of the molecule is CC[N+]1=CC=C(/C=C/c2ccc(N(C)CCSSCCN(C)c3ccc(/C=C/c4cc[n+](CC)cc4)cc3)cc2)CC1. The molecule has 1 aliphatic heterocycles. The second kappa shape index (κ2) is 17.0. The molecule has 0 saturated heterocycles. The maximum atomic E-state index is 2.35. The molecule has 1 aliphatic rings. The first kappa shape index (κ1) is 31.7. The van der Waals surface area contributed by atoms with Gasteiger partial charge in [-0.1, -0.05) is 70.2 Å². The lowest BCUT2D eigenvalue weighted by atomic mass is 10.1. The fraction of sp³-hybridized carbons (Fsp3) is 0.333. The first-order valence-electron chi connectivity index (χ1n) is 15.0. The Labute approximate surface area is 261 Å². The van der Waals surface area contributed by atoms with Crippen molar-refractivity contribution in [3.05, 3.63) is 107 Å². The van der Waals surface area contributed by atoms with Gasteiger partial charge in [-0.25, -0.2) is 9.14 Å². The van der Waals surface area contributed by atoms with Crippen LogP contribution in [-0.4, -0.2) is 62.6 Å². The van der Waals surface area contributed by atoms with E-state index in [9.17, 15) is 0 Å². The molecule has 0 aliphatic carbocycles. The molecule has 6 heteroatoms. The van der Waals surface area contributed by atoms with Crippen molar-refractivity contribution in [2.24, 2.45) is 0 Å². The molecule has 0 fully saturated rings. The van der Waals surface area contributed by atoms with Gasteiger partial charge in [-0.3, -0.25) is 0 Å². The average Bonchev–Trinajstić information content (AvgIpc) is 3.05. The highest BCUT2D eigenvalue weighted by Crippen LogP contribution is 2.24. The minimum absolute atomic E-state index is 0.998. The van der Waals surface area contributed by atoms with Crippen LogP contribution in [0.2, 0.25) is 0 Å². The van der Waals surface area contributed by atoms with Gasteiger partial charge in [0.05, 0.1) is 0 Å². The molecule has 0 unspecified atom stereocenters. The van der Waals surface area contributed by atoms with E-state index in [4.69, 9.17) is 0 Å². The Morgan fingerprint density at radius 2 is 1.17 bits per heavy atom. The van der Waals surface area contributed by atoms with Crippen LogP contribution in [-0.2, 0) is 6.54 Å². The molecule has 0 amide bonds. The third-order valence-electron chi connectivity index (χ3n) is 7.60. The molecular weight excluding hydrogens is 553 g/mol. The number of hydrogen-bond donors (Lipinski definition) is 0. The summed E-state index contributed by atoms with van der Waals surface area (Å²) in [5.41, 5.74) is 7.63. The standard InChI is InChI=1S/C36H46N4S2/c1-5-39-23-19-33(20-24-39)9-7-31-11-15-35(16-12-31)37(3)27-29-41-42-30-28-38(4)36-17-13-32(14-18-36)8-10-34-21-25-40(6-2)26-22-34/h7-21,23-25H,5-6,22,26-30H2,1-4H3/q+2. The molecule has 0 bridgehead atoms. The van der Waals surface area contributed by atoms with Crippen LogP contribution in [0.5, 0.6) is 0 Å². The number of hydrogen-bond acceptors (Lipinski definition) is 4. The Hall–Kier alpha value is -3.22. The topological polar surface area (TPSA) is 13.4 Å². The Kier molecular flexibility index (Phi) is 12.9. The van der Waals surface area contributed by atoms with Crippen molar-refractivity contribution < 1.29 is 9.14 Å². The van der Waals surface area contributed by atoms with Crippen molar-refractivity contribution in [3.8, 4) is 0 Å². The van der Waals surface area contributed by atoms with Gasteiger partial charge in [0.1, 0.15) is 19.6 Å². The van der Waals surface area contributed by atoms with Crippen molar-refractivity contribution in [1.82, 2.24) is 0 Å². The van der Waals surface area contributed by atoms with Gasteiger partial charge in [0.15, 0.2) is 18.6 Å². The quantitative estimate of drug-likeness (QED) is 0.102. The number of pyridine rings is 1. The number of anilines is 2. The van der Waals surface area contributed by atoms with Gasteiger partial charge in [-0.15, -0.1) is 0 Å². The molecule has 2 heterocycles. The number of aromatic nitrogens is 1. The number of benzene rings is 2. The summed E-state index contributed by atoms with van der Waals surface area (Å²) in [6, 6.07) is 22.0. The molecule has 2 aromatic carbocycles. The van der Waals surface area contributed by atoms with Crippen molar-refractivity contribution in [2.75, 3.05) is 61.6 Å². The predicted octanol–water partition coefficient (Wildman–Crippen LogP) is 7.56. The monoisotopic (exact) mass is 598 g/mol. The Balaban J connectivity index is 1.11. The summed E-state index contributed by atoms with van der Waals surface area (Å²) >= 11 is 0. The zero-order valence-electron chi connectivity index (χ0n) is 25.7. The van der Waals surface area contributed by atoms with E-state index in [1.54, 1.807) is 0 Å². The van der Waals surface area contributed by atoms with E-state index in [0.717, 1.165) is 50.7 Å². The fourth-order valence-electron chi connectivity index (χ4n) is 4.62.